The minimum atomic E-state index is -1.56. The second kappa shape index (κ2) is 10.5. The zero-order chi connectivity index (χ0) is 31.7. The number of aromatic nitrogens is 3. The average Bonchev–Trinajstić information content (AvgIpc) is 3.98. The molecule has 7 rings (SSSR count). The van der Waals surface area contributed by atoms with Crippen molar-refractivity contribution >= 4 is 22.7 Å². The molecule has 4 aromatic rings. The van der Waals surface area contributed by atoms with Crippen LogP contribution in [0.2, 0.25) is 0 Å². The van der Waals surface area contributed by atoms with Gasteiger partial charge in [0.05, 0.1) is 25.4 Å². The second-order valence-corrected chi connectivity index (χ2v) is 12.7. The third kappa shape index (κ3) is 4.89. The number of hydrogen-bond donors (Lipinski definition) is 3. The number of fused-ring (bicyclic) bond motifs is 2. The van der Waals surface area contributed by atoms with Gasteiger partial charge in [0.2, 0.25) is 5.91 Å². The lowest BCUT2D eigenvalue weighted by Gasteiger charge is -2.30. The van der Waals surface area contributed by atoms with Gasteiger partial charge >= 0.3 is 0 Å². The number of carbonyl (C=O) groups is 2. The fourth-order valence-corrected chi connectivity index (χ4v) is 6.25. The Morgan fingerprint density at radius 3 is 2.67 bits per heavy atom. The molecule has 10 nitrogen and oxygen atoms in total. The summed E-state index contributed by atoms with van der Waals surface area (Å²) in [7, 11) is 1.55. The molecule has 4 N–H and O–H groups in total. The smallest absolute Gasteiger partial charge is 0.251 e. The molecule has 2 aliphatic carbocycles. The lowest BCUT2D eigenvalue weighted by Crippen LogP contribution is -2.44. The third-order valence-electron chi connectivity index (χ3n) is 9.53. The first-order valence-electron chi connectivity index (χ1n) is 15.4. The van der Waals surface area contributed by atoms with Gasteiger partial charge in [0.25, 0.3) is 5.91 Å². The van der Waals surface area contributed by atoms with E-state index in [1.807, 2.05) is 17.8 Å². The normalized spacial score (nSPS) is 20.4. The number of ether oxygens (including phenoxy) is 2. The maximum Gasteiger partial charge on any atom is 0.251 e. The number of halogens is 1. The Morgan fingerprint density at radius 2 is 2.00 bits per heavy atom. The topological polar surface area (TPSA) is 142 Å². The average molecular weight is 614 g/mol. The number of aryl methyl sites for hydroxylation is 1. The lowest BCUT2D eigenvalue weighted by molar-refractivity contribution is -0.123. The van der Waals surface area contributed by atoms with Crippen LogP contribution in [-0.4, -0.2) is 51.9 Å². The maximum atomic E-state index is 14.5. The Hall–Kier alpha value is -4.51. The van der Waals surface area contributed by atoms with Crippen molar-refractivity contribution in [3.05, 3.63) is 70.8 Å². The first kappa shape index (κ1) is 29.2. The fourth-order valence-electron chi connectivity index (χ4n) is 6.25. The van der Waals surface area contributed by atoms with Crippen LogP contribution in [0.4, 0.5) is 4.39 Å². The van der Waals surface area contributed by atoms with Crippen molar-refractivity contribution in [1.29, 1.82) is 0 Å². The van der Waals surface area contributed by atoms with Crippen molar-refractivity contribution in [2.24, 2.45) is 11.7 Å². The van der Waals surface area contributed by atoms with Gasteiger partial charge in [0.15, 0.2) is 0 Å². The number of primary amides is 1. The van der Waals surface area contributed by atoms with Crippen molar-refractivity contribution in [3.8, 4) is 22.8 Å². The molecule has 2 saturated carbocycles. The van der Waals surface area contributed by atoms with Gasteiger partial charge in [-0.25, -0.2) is 9.37 Å². The highest BCUT2D eigenvalue weighted by molar-refractivity contribution is 6.00. The van der Waals surface area contributed by atoms with Crippen molar-refractivity contribution in [2.45, 2.75) is 63.0 Å². The molecule has 3 heterocycles. The van der Waals surface area contributed by atoms with Crippen molar-refractivity contribution in [1.82, 2.24) is 20.1 Å². The van der Waals surface area contributed by atoms with Gasteiger partial charge in [0, 0.05) is 28.3 Å². The summed E-state index contributed by atoms with van der Waals surface area (Å²) >= 11 is 0. The molecular weight excluding hydrogens is 577 g/mol. The molecule has 1 aliphatic heterocycles. The zero-order valence-corrected chi connectivity index (χ0v) is 25.5. The van der Waals surface area contributed by atoms with Crippen LogP contribution in [0.25, 0.3) is 22.2 Å². The van der Waals surface area contributed by atoms with Crippen LogP contribution in [-0.2, 0) is 22.2 Å². The van der Waals surface area contributed by atoms with E-state index in [9.17, 15) is 19.1 Å². The standard InChI is InChI=1S/C34H36FN5O5/c1-4-18-11-19(5-10-25(18)35)29-30-24(33(2,17-45-30)32(36)42)14-27(38-29)34(43,22-6-7-22)16-37-31(41)20-12-21-15-40(23-8-9-23)39-28(21)26(13-20)44-3/h5,10-15,22-23,43H,4,6-9,16-17H2,1-3H3,(H2,36,42)(H,37,41)/t33-,34+/m0/s1. The third-order valence-corrected chi connectivity index (χ3v) is 9.53. The minimum Gasteiger partial charge on any atom is -0.494 e. The van der Waals surface area contributed by atoms with Gasteiger partial charge < -0.3 is 25.6 Å². The number of nitrogens with zero attached hydrogens (tertiary/aromatic N) is 3. The van der Waals surface area contributed by atoms with E-state index >= 15 is 0 Å². The molecule has 0 bridgehead atoms. The monoisotopic (exact) mass is 613 g/mol. The summed E-state index contributed by atoms with van der Waals surface area (Å²) in [6, 6.07) is 10.2. The summed E-state index contributed by atoms with van der Waals surface area (Å²) in [4.78, 5) is 31.1. The van der Waals surface area contributed by atoms with Gasteiger partial charge in [-0.15, -0.1) is 0 Å². The van der Waals surface area contributed by atoms with Crippen LogP contribution in [0.1, 0.15) is 72.8 Å². The molecule has 3 aliphatic rings. The van der Waals surface area contributed by atoms with Crippen molar-refractivity contribution < 1.29 is 28.6 Å². The molecule has 11 heteroatoms. The second-order valence-electron chi connectivity index (χ2n) is 12.7. The van der Waals surface area contributed by atoms with Gasteiger partial charge in [-0.3, -0.25) is 14.3 Å². The molecule has 0 unspecified atom stereocenters. The lowest BCUT2D eigenvalue weighted by atomic mass is 9.81. The Labute approximate surface area is 259 Å². The summed E-state index contributed by atoms with van der Waals surface area (Å²) < 4.78 is 28.0. The van der Waals surface area contributed by atoms with E-state index in [2.05, 4.69) is 10.4 Å². The minimum absolute atomic E-state index is 0.0118. The fraction of sp³-hybridized carbons (Fsp3) is 0.412. The number of carbonyl (C=O) groups excluding carboxylic acids is 2. The van der Waals surface area contributed by atoms with Gasteiger partial charge in [-0.2, -0.15) is 5.10 Å². The summed E-state index contributed by atoms with van der Waals surface area (Å²) in [5, 5.41) is 20.7. The highest BCUT2D eigenvalue weighted by atomic mass is 19.1. The molecule has 0 radical (unpaired) electrons. The molecule has 234 valence electrons. The van der Waals surface area contributed by atoms with E-state index in [1.165, 1.54) is 6.07 Å². The van der Waals surface area contributed by atoms with E-state index < -0.39 is 16.9 Å². The molecule has 2 fully saturated rings. The number of amides is 2. The largest absolute Gasteiger partial charge is 0.494 e. The number of nitrogens with two attached hydrogens (primary N) is 1. The van der Waals surface area contributed by atoms with E-state index in [1.54, 1.807) is 44.4 Å². The number of methoxy groups -OCH3 is 1. The number of benzene rings is 2. The molecule has 2 aromatic heterocycles. The number of aliphatic hydroxyl groups is 1. The van der Waals surface area contributed by atoms with Crippen molar-refractivity contribution in [3.63, 3.8) is 0 Å². The number of hydrogen-bond acceptors (Lipinski definition) is 7. The number of pyridine rings is 1. The van der Waals surface area contributed by atoms with Gasteiger partial charge in [0.1, 0.15) is 46.1 Å². The molecule has 0 saturated heterocycles. The first-order valence-corrected chi connectivity index (χ1v) is 15.4. The molecule has 45 heavy (non-hydrogen) atoms. The van der Waals surface area contributed by atoms with E-state index in [4.69, 9.17) is 20.2 Å². The molecular formula is C34H36FN5O5. The predicted molar refractivity (Wildman–Crippen MR) is 165 cm³/mol. The van der Waals surface area contributed by atoms with Crippen LogP contribution >= 0.6 is 0 Å². The van der Waals surface area contributed by atoms with Crippen LogP contribution < -0.4 is 20.5 Å². The summed E-state index contributed by atoms with van der Waals surface area (Å²) in [5.41, 5.74) is 6.48. The Balaban J connectivity index is 1.26. The van der Waals surface area contributed by atoms with E-state index in [0.29, 0.717) is 57.4 Å². The quantitative estimate of drug-likeness (QED) is 0.242. The predicted octanol–water partition coefficient (Wildman–Crippen LogP) is 4.31. The molecule has 2 aromatic carbocycles. The van der Waals surface area contributed by atoms with Gasteiger partial charge in [-0.1, -0.05) is 6.92 Å². The SMILES string of the molecule is CCc1cc(-c2nc([C@@](O)(CNC(=O)c3cc(OC)c4nn(C5CC5)cc4c3)C3CC3)cc3c2OC[C@]3(C)C(N)=O)ccc1F. The Bertz CT molecular complexity index is 1870. The summed E-state index contributed by atoms with van der Waals surface area (Å²) in [5.74, 6) is -0.587. The van der Waals surface area contributed by atoms with Crippen LogP contribution in [0.5, 0.6) is 11.5 Å². The molecule has 2 atom stereocenters. The molecule has 2 amide bonds. The van der Waals surface area contributed by atoms with E-state index in [-0.39, 0.29) is 36.5 Å². The van der Waals surface area contributed by atoms with Crippen LogP contribution in [0.15, 0.2) is 42.6 Å². The first-order chi connectivity index (χ1) is 21.6. The maximum absolute atomic E-state index is 14.5. The summed E-state index contributed by atoms with van der Waals surface area (Å²) in [6.07, 6.45) is 6.03. The summed E-state index contributed by atoms with van der Waals surface area (Å²) in [6.45, 7) is 3.45. The number of nitrogens with one attached hydrogen (secondary N) is 1. The van der Waals surface area contributed by atoms with Crippen molar-refractivity contribution in [2.75, 3.05) is 20.3 Å². The highest BCUT2D eigenvalue weighted by Crippen LogP contribution is 2.50. The Kier molecular flexibility index (Phi) is 6.85. The molecule has 0 spiro atoms. The highest BCUT2D eigenvalue weighted by Gasteiger charge is 2.50. The van der Waals surface area contributed by atoms with E-state index in [0.717, 1.165) is 31.1 Å². The zero-order valence-electron chi connectivity index (χ0n) is 25.5. The van der Waals surface area contributed by atoms with Crippen LogP contribution in [0.3, 0.4) is 0 Å². The number of rotatable bonds is 10. The Morgan fingerprint density at radius 1 is 1.22 bits per heavy atom. The van der Waals surface area contributed by atoms with Crippen LogP contribution in [0, 0.1) is 11.7 Å². The van der Waals surface area contributed by atoms with Gasteiger partial charge in [-0.05, 0) is 86.9 Å².